The first-order chi connectivity index (χ1) is 5.79. The Labute approximate surface area is 75.0 Å². The van der Waals surface area contributed by atoms with Crippen LogP contribution in [-0.4, -0.2) is 15.4 Å². The second-order valence-corrected chi connectivity index (χ2v) is 2.96. The van der Waals surface area contributed by atoms with Gasteiger partial charge in [0.25, 0.3) is 0 Å². The van der Waals surface area contributed by atoms with Gasteiger partial charge in [0.2, 0.25) is 0 Å². The van der Waals surface area contributed by atoms with Crippen LogP contribution in [0, 0.1) is 12.3 Å². The summed E-state index contributed by atoms with van der Waals surface area (Å²) < 4.78 is 3.70. The summed E-state index contributed by atoms with van der Waals surface area (Å²) >= 11 is 1.12. The number of hydrogen-bond acceptors (Lipinski definition) is 4. The number of ketones is 1. The Morgan fingerprint density at radius 1 is 1.75 bits per heavy atom. The highest BCUT2D eigenvalue weighted by Gasteiger charge is 2.12. The maximum Gasteiger partial charge on any atom is 0.188 e. The van der Waals surface area contributed by atoms with Crippen molar-refractivity contribution in [1.82, 2.24) is 9.59 Å². The van der Waals surface area contributed by atoms with Gasteiger partial charge in [-0.1, -0.05) is 17.3 Å². The van der Waals surface area contributed by atoms with Gasteiger partial charge in [0.05, 0.1) is 12.1 Å². The Kier molecular flexibility index (Phi) is 2.94. The van der Waals surface area contributed by atoms with Crippen LogP contribution in [-0.2, 0) is 6.42 Å². The molecule has 0 N–H and O–H groups in total. The topological polar surface area (TPSA) is 42.9 Å². The molecule has 0 atom stereocenters. The first-order valence-corrected chi connectivity index (χ1v) is 4.34. The van der Waals surface area contributed by atoms with Crippen molar-refractivity contribution in [2.45, 2.75) is 19.8 Å². The smallest absolute Gasteiger partial charge is 0.188 e. The van der Waals surface area contributed by atoms with Crippen molar-refractivity contribution in [3.8, 4) is 12.3 Å². The van der Waals surface area contributed by atoms with Gasteiger partial charge in [0.15, 0.2) is 5.78 Å². The molecule has 0 fully saturated rings. The molecule has 0 radical (unpaired) electrons. The third-order valence-corrected chi connectivity index (χ3v) is 2.22. The summed E-state index contributed by atoms with van der Waals surface area (Å²) in [5.41, 5.74) is 0.750. The third-order valence-electron chi connectivity index (χ3n) is 1.41. The fourth-order valence-corrected chi connectivity index (χ4v) is 1.51. The molecular formula is C8H8N2OS. The van der Waals surface area contributed by atoms with E-state index in [0.717, 1.165) is 23.6 Å². The van der Waals surface area contributed by atoms with E-state index in [1.807, 2.05) is 6.92 Å². The first kappa shape index (κ1) is 8.88. The Morgan fingerprint density at radius 3 is 3.08 bits per heavy atom. The summed E-state index contributed by atoms with van der Waals surface area (Å²) in [5.74, 6) is 2.26. The van der Waals surface area contributed by atoms with E-state index in [4.69, 9.17) is 6.42 Å². The third kappa shape index (κ3) is 1.69. The van der Waals surface area contributed by atoms with E-state index in [9.17, 15) is 4.79 Å². The summed E-state index contributed by atoms with van der Waals surface area (Å²) in [6, 6.07) is 0. The first-order valence-electron chi connectivity index (χ1n) is 3.57. The van der Waals surface area contributed by atoms with Gasteiger partial charge in [-0.2, -0.15) is 0 Å². The molecule has 1 rings (SSSR count). The zero-order valence-electron chi connectivity index (χ0n) is 6.70. The van der Waals surface area contributed by atoms with Gasteiger partial charge in [-0.3, -0.25) is 4.79 Å². The predicted octanol–water partition coefficient (Wildman–Crippen LogP) is 1.31. The Morgan fingerprint density at radius 2 is 2.50 bits per heavy atom. The van der Waals surface area contributed by atoms with Crippen LogP contribution in [0.1, 0.15) is 28.7 Å². The van der Waals surface area contributed by atoms with E-state index in [1.54, 1.807) is 0 Å². The fourth-order valence-electron chi connectivity index (χ4n) is 0.825. The van der Waals surface area contributed by atoms with Crippen LogP contribution in [0.25, 0.3) is 0 Å². The minimum Gasteiger partial charge on any atom is -0.292 e. The molecule has 0 saturated heterocycles. The second-order valence-electron chi connectivity index (χ2n) is 2.21. The zero-order chi connectivity index (χ0) is 8.97. The summed E-state index contributed by atoms with van der Waals surface area (Å²) in [4.78, 5) is 11.9. The van der Waals surface area contributed by atoms with Crippen LogP contribution in [0.3, 0.4) is 0 Å². The Balaban J connectivity index is 2.88. The quantitative estimate of drug-likeness (QED) is 0.520. The highest BCUT2D eigenvalue weighted by atomic mass is 32.1. The lowest BCUT2D eigenvalue weighted by Gasteiger charge is -1.91. The number of carbonyl (C=O) groups is 1. The molecule has 0 aromatic carbocycles. The minimum absolute atomic E-state index is 0.0515. The number of aryl methyl sites for hydroxylation is 1. The summed E-state index contributed by atoms with van der Waals surface area (Å²) in [6.45, 7) is 1.93. The van der Waals surface area contributed by atoms with Gasteiger partial charge in [0.1, 0.15) is 4.88 Å². The van der Waals surface area contributed by atoms with Crippen molar-refractivity contribution in [1.29, 1.82) is 0 Å². The van der Waals surface area contributed by atoms with Crippen molar-refractivity contribution >= 4 is 17.3 Å². The number of nitrogens with zero attached hydrogens (tertiary/aromatic N) is 2. The van der Waals surface area contributed by atoms with Crippen LogP contribution < -0.4 is 0 Å². The van der Waals surface area contributed by atoms with Gasteiger partial charge in [-0.15, -0.1) is 11.5 Å². The van der Waals surface area contributed by atoms with E-state index in [-0.39, 0.29) is 12.2 Å². The van der Waals surface area contributed by atoms with Gasteiger partial charge in [0, 0.05) is 0 Å². The van der Waals surface area contributed by atoms with Crippen molar-refractivity contribution in [2.75, 3.05) is 0 Å². The highest BCUT2D eigenvalue weighted by Crippen LogP contribution is 2.12. The largest absolute Gasteiger partial charge is 0.292 e. The van der Waals surface area contributed by atoms with Gasteiger partial charge in [-0.25, -0.2) is 0 Å². The van der Waals surface area contributed by atoms with E-state index < -0.39 is 0 Å². The number of terminal acetylenes is 1. The summed E-state index contributed by atoms with van der Waals surface area (Å²) in [5, 5.41) is 3.82. The maximum absolute atomic E-state index is 11.3. The molecule has 0 aliphatic carbocycles. The lowest BCUT2D eigenvalue weighted by atomic mass is 10.2. The van der Waals surface area contributed by atoms with Crippen LogP contribution in [0.2, 0.25) is 0 Å². The molecule has 0 spiro atoms. The molecule has 0 aliphatic rings. The SMILES string of the molecule is C#CCC(=O)c1snnc1CC. The van der Waals surface area contributed by atoms with E-state index in [0.29, 0.717) is 4.88 Å². The molecule has 1 heterocycles. The van der Waals surface area contributed by atoms with Crippen molar-refractivity contribution < 1.29 is 4.79 Å². The monoisotopic (exact) mass is 180 g/mol. The molecule has 0 unspecified atom stereocenters. The lowest BCUT2D eigenvalue weighted by molar-refractivity contribution is 0.100. The van der Waals surface area contributed by atoms with Crippen LogP contribution in [0.4, 0.5) is 0 Å². The zero-order valence-corrected chi connectivity index (χ0v) is 7.52. The van der Waals surface area contributed by atoms with Crippen molar-refractivity contribution in [3.63, 3.8) is 0 Å². The number of Topliss-reactive ketones (excluding diaryl/α,β-unsaturated/α-hetero) is 1. The molecule has 1 aromatic rings. The predicted molar refractivity (Wildman–Crippen MR) is 47.1 cm³/mol. The normalized spacial score (nSPS) is 9.33. The average Bonchev–Trinajstić information content (AvgIpc) is 2.51. The number of aromatic nitrogens is 2. The summed E-state index contributed by atoms with van der Waals surface area (Å²) in [7, 11) is 0. The minimum atomic E-state index is -0.0515. The van der Waals surface area contributed by atoms with E-state index in [2.05, 4.69) is 15.5 Å². The standard InChI is InChI=1S/C8H8N2OS/c1-3-5-7(11)8-6(4-2)9-10-12-8/h1H,4-5H2,2H3. The fraction of sp³-hybridized carbons (Fsp3) is 0.375. The Bertz CT molecular complexity index is 324. The highest BCUT2D eigenvalue weighted by molar-refractivity contribution is 7.08. The molecule has 1 aromatic heterocycles. The molecular weight excluding hydrogens is 172 g/mol. The van der Waals surface area contributed by atoms with Crippen LogP contribution in [0.5, 0.6) is 0 Å². The lowest BCUT2D eigenvalue weighted by Crippen LogP contribution is -1.98. The van der Waals surface area contributed by atoms with Gasteiger partial charge in [-0.05, 0) is 18.0 Å². The summed E-state index contributed by atoms with van der Waals surface area (Å²) in [6.07, 6.45) is 5.88. The van der Waals surface area contributed by atoms with Crippen molar-refractivity contribution in [2.24, 2.45) is 0 Å². The van der Waals surface area contributed by atoms with E-state index >= 15 is 0 Å². The van der Waals surface area contributed by atoms with Crippen LogP contribution >= 0.6 is 11.5 Å². The molecule has 0 aliphatic heterocycles. The van der Waals surface area contributed by atoms with E-state index in [1.165, 1.54) is 0 Å². The molecule has 0 amide bonds. The molecule has 4 heteroatoms. The molecule has 0 bridgehead atoms. The van der Waals surface area contributed by atoms with Gasteiger partial charge < -0.3 is 0 Å². The molecule has 12 heavy (non-hydrogen) atoms. The van der Waals surface area contributed by atoms with Crippen LogP contribution in [0.15, 0.2) is 0 Å². The Hall–Kier alpha value is -1.21. The molecule has 0 saturated carbocycles. The molecule has 62 valence electrons. The maximum atomic E-state index is 11.3. The molecule has 3 nitrogen and oxygen atoms in total. The number of rotatable bonds is 3. The average molecular weight is 180 g/mol. The number of hydrogen-bond donors (Lipinski definition) is 0. The second kappa shape index (κ2) is 3.98. The number of carbonyl (C=O) groups excluding carboxylic acids is 1. The van der Waals surface area contributed by atoms with Crippen molar-refractivity contribution in [3.05, 3.63) is 10.6 Å². The van der Waals surface area contributed by atoms with Gasteiger partial charge >= 0.3 is 0 Å².